The number of hydrogen-bond acceptors (Lipinski definition) is 0. The Morgan fingerprint density at radius 2 is 0.800 bits per heavy atom. The Morgan fingerprint density at radius 1 is 0.800 bits per heavy atom. The van der Waals surface area contributed by atoms with Crippen LogP contribution in [-0.4, -0.2) is 70.0 Å². The summed E-state index contributed by atoms with van der Waals surface area (Å²) in [4.78, 5) is 0. The first-order valence-corrected chi connectivity index (χ1v) is 0. The standard InChI is InChI=1S/Al.2FH.Mg.Na.6H/h;2*1H;;;;;;;;. The summed E-state index contributed by atoms with van der Waals surface area (Å²) in [6.45, 7) is 0. The zero-order valence-electron chi connectivity index (χ0n) is 0.816. The van der Waals surface area contributed by atoms with Gasteiger partial charge >= 0.3 is 52.6 Å². The van der Waals surface area contributed by atoms with Gasteiger partial charge in [0.15, 0.2) is 17.4 Å². The van der Waals surface area contributed by atoms with Crippen LogP contribution in [0.5, 0.6) is 0 Å². The van der Waals surface area contributed by atoms with E-state index in [0.29, 0.717) is 0 Å². The fraction of sp³-hybridized carbons (Fsp3) is 0. The first-order chi connectivity index (χ1) is 0. The third-order valence-corrected chi connectivity index (χ3v) is 0. The Hall–Kier alpha value is 2.16. The molecule has 5 heavy (non-hydrogen) atoms. The molecule has 0 heterocycles. The number of halogens is 2. The molecule has 0 bridgehead atoms. The normalized spacial score (nSPS) is 0. The molecule has 0 aromatic rings. The Bertz CT molecular complexity index is 9.61. The molecule has 0 spiro atoms. The summed E-state index contributed by atoms with van der Waals surface area (Å²) in [5, 5.41) is 0. The fourth-order valence-corrected chi connectivity index (χ4v) is 0. The molecule has 0 N–H and O–H groups in total. The maximum absolute atomic E-state index is 0. The van der Waals surface area contributed by atoms with Gasteiger partial charge in [0.2, 0.25) is 0 Å². The van der Waals surface area contributed by atoms with E-state index in [-0.39, 0.29) is 79.4 Å². The van der Waals surface area contributed by atoms with Gasteiger partial charge < -0.3 is 0 Å². The molecular formula is H8AlF2MgNa. The van der Waals surface area contributed by atoms with Crippen LogP contribution in [-0.2, 0) is 0 Å². The van der Waals surface area contributed by atoms with E-state index in [0.717, 1.165) is 0 Å². The van der Waals surface area contributed by atoms with Gasteiger partial charge in [0.1, 0.15) is 0 Å². The third-order valence-electron chi connectivity index (χ3n) is 0. The number of rotatable bonds is 0. The van der Waals surface area contributed by atoms with Gasteiger partial charge in [-0.05, 0) is 0 Å². The topological polar surface area (TPSA) is 0 Å². The van der Waals surface area contributed by atoms with E-state index in [9.17, 15) is 0 Å². The maximum atomic E-state index is 0. The molecule has 5 heteroatoms. The minimum atomic E-state index is 0. The molecule has 0 amide bonds. The molecule has 0 atom stereocenters. The van der Waals surface area contributed by atoms with Gasteiger partial charge in [0.05, 0.1) is 0 Å². The predicted molar refractivity (Wildman–Crippen MR) is 30.6 cm³/mol. The minimum absolute atomic E-state index is 0. The average molecular weight is 120 g/mol. The first kappa shape index (κ1) is 58.3. The van der Waals surface area contributed by atoms with Crippen LogP contribution >= 0.6 is 0 Å². The van der Waals surface area contributed by atoms with Crippen molar-refractivity contribution < 1.29 is 9.41 Å². The second kappa shape index (κ2) is 35.2. The van der Waals surface area contributed by atoms with Crippen molar-refractivity contribution >= 4 is 70.0 Å². The zero-order chi connectivity index (χ0) is 0. The van der Waals surface area contributed by atoms with Crippen molar-refractivity contribution in [2.24, 2.45) is 0 Å². The fourth-order valence-electron chi connectivity index (χ4n) is 0. The van der Waals surface area contributed by atoms with Crippen LogP contribution in [0.15, 0.2) is 0 Å². The van der Waals surface area contributed by atoms with Gasteiger partial charge in [-0.2, -0.15) is 0 Å². The van der Waals surface area contributed by atoms with Gasteiger partial charge in [0, 0.05) is 0 Å². The van der Waals surface area contributed by atoms with Crippen LogP contribution in [0.25, 0.3) is 0 Å². The van der Waals surface area contributed by atoms with E-state index in [4.69, 9.17) is 0 Å². The zero-order valence-corrected chi connectivity index (χ0v) is 0.816. The summed E-state index contributed by atoms with van der Waals surface area (Å²) < 4.78 is 0. The molecule has 0 radical (unpaired) electrons. The molecule has 0 nitrogen and oxygen atoms in total. The Balaban J connectivity index is 0. The Labute approximate surface area is 78.4 Å². The molecule has 28 valence electrons. The predicted octanol–water partition coefficient (Wildman–Crippen LogP) is -2.44. The molecule has 0 saturated carbocycles. The van der Waals surface area contributed by atoms with Crippen LogP contribution in [0.1, 0.15) is 0 Å². The first-order valence-electron chi connectivity index (χ1n) is 0. The van der Waals surface area contributed by atoms with Crippen molar-refractivity contribution in [2.45, 2.75) is 0 Å². The Kier molecular flexibility index (Phi) is 410. The van der Waals surface area contributed by atoms with Crippen LogP contribution in [0, 0.1) is 0 Å². The van der Waals surface area contributed by atoms with Crippen molar-refractivity contribution in [1.82, 2.24) is 0 Å². The van der Waals surface area contributed by atoms with Crippen LogP contribution < -0.4 is 0 Å². The third kappa shape index (κ3) is 22.9. The molecule has 0 aromatic carbocycles. The van der Waals surface area contributed by atoms with E-state index < -0.39 is 0 Å². The van der Waals surface area contributed by atoms with E-state index in [1.807, 2.05) is 0 Å². The molecule has 0 rings (SSSR count). The summed E-state index contributed by atoms with van der Waals surface area (Å²) in [5.41, 5.74) is 0. The van der Waals surface area contributed by atoms with Gasteiger partial charge in [-0.15, -0.1) is 0 Å². The second-order valence-corrected chi connectivity index (χ2v) is 0. The molecule has 0 aromatic heterocycles. The van der Waals surface area contributed by atoms with Gasteiger partial charge in [-0.3, -0.25) is 9.41 Å². The molecule has 0 saturated heterocycles. The van der Waals surface area contributed by atoms with Gasteiger partial charge in [-0.25, -0.2) is 0 Å². The monoisotopic (exact) mass is 120 g/mol. The van der Waals surface area contributed by atoms with Crippen LogP contribution in [0.3, 0.4) is 0 Å². The summed E-state index contributed by atoms with van der Waals surface area (Å²) in [5.74, 6) is 0. The van der Waals surface area contributed by atoms with Gasteiger partial charge in [0.25, 0.3) is 0 Å². The molecule has 0 aliphatic carbocycles. The average Bonchev–Trinajstić information content (AvgIpc) is 0. The van der Waals surface area contributed by atoms with Crippen molar-refractivity contribution in [3.63, 3.8) is 0 Å². The van der Waals surface area contributed by atoms with Crippen molar-refractivity contribution in [3.8, 4) is 0 Å². The SMILES string of the molecule is F.F.[AlH3].[MgH2].[NaH]. The van der Waals surface area contributed by atoms with Crippen molar-refractivity contribution in [3.05, 3.63) is 0 Å². The molecule has 0 aliphatic heterocycles. The quantitative estimate of drug-likeness (QED) is 0.312. The molecule has 0 unspecified atom stereocenters. The van der Waals surface area contributed by atoms with E-state index in [1.54, 1.807) is 0 Å². The van der Waals surface area contributed by atoms with Crippen molar-refractivity contribution in [2.75, 3.05) is 0 Å². The summed E-state index contributed by atoms with van der Waals surface area (Å²) in [7, 11) is 0. The van der Waals surface area contributed by atoms with Crippen LogP contribution in [0.2, 0.25) is 0 Å². The molecule has 0 fully saturated rings. The molecule has 0 aliphatic rings. The van der Waals surface area contributed by atoms with E-state index in [1.165, 1.54) is 0 Å². The van der Waals surface area contributed by atoms with E-state index >= 15 is 0 Å². The summed E-state index contributed by atoms with van der Waals surface area (Å²) in [6.07, 6.45) is 0. The summed E-state index contributed by atoms with van der Waals surface area (Å²) in [6, 6.07) is 0. The Morgan fingerprint density at radius 3 is 0.800 bits per heavy atom. The van der Waals surface area contributed by atoms with E-state index in [2.05, 4.69) is 0 Å². The van der Waals surface area contributed by atoms with Gasteiger partial charge in [-0.1, -0.05) is 0 Å². The number of hydrogen-bond donors (Lipinski definition) is 0. The van der Waals surface area contributed by atoms with Crippen LogP contribution in [0.4, 0.5) is 9.41 Å². The molecular weight excluding hydrogens is 112 g/mol. The van der Waals surface area contributed by atoms with Crippen molar-refractivity contribution in [1.29, 1.82) is 0 Å². The summed E-state index contributed by atoms with van der Waals surface area (Å²) >= 11 is 0. The second-order valence-electron chi connectivity index (χ2n) is 0.